The van der Waals surface area contributed by atoms with Crippen LogP contribution in [0.3, 0.4) is 0 Å². The third-order valence-corrected chi connectivity index (χ3v) is 7.80. The number of esters is 1. The molecule has 0 saturated heterocycles. The third-order valence-electron chi connectivity index (χ3n) is 5.90. The summed E-state index contributed by atoms with van der Waals surface area (Å²) in [5, 5.41) is 10.6. The summed E-state index contributed by atoms with van der Waals surface area (Å²) >= 11 is 13.5. The van der Waals surface area contributed by atoms with Crippen LogP contribution in [0.25, 0.3) is 10.1 Å². The standard InChI is InChI=1S/C31H20Cl2N4O5S/c32-19-12-14-20(15-13-19)35-28(38)22-8-1-3-10-24(22)36-29(39)30(40)37-34-17-18-6-5-7-21(16-18)42-31(41)27-26(33)23-9-2-4-11-25(23)43-27/h1-17H,(H,35,38)(H,36,39)(H,37,40)/b34-17+. The average molecular weight is 631 g/mol. The molecule has 3 amide bonds. The average Bonchev–Trinajstić information content (AvgIpc) is 3.35. The molecule has 0 unspecified atom stereocenters. The first-order chi connectivity index (χ1) is 20.8. The van der Waals surface area contributed by atoms with Gasteiger partial charge in [-0.3, -0.25) is 14.4 Å². The first kappa shape index (κ1) is 29.5. The number of benzene rings is 4. The van der Waals surface area contributed by atoms with Crippen LogP contribution in [0.5, 0.6) is 5.75 Å². The van der Waals surface area contributed by atoms with Crippen molar-refractivity contribution in [3.05, 3.63) is 123 Å². The number of thiophene rings is 1. The summed E-state index contributed by atoms with van der Waals surface area (Å²) in [6.45, 7) is 0. The molecule has 0 aliphatic heterocycles. The Kier molecular flexibility index (Phi) is 9.11. The van der Waals surface area contributed by atoms with Crippen molar-refractivity contribution >= 4 is 85.9 Å². The van der Waals surface area contributed by atoms with Crippen molar-refractivity contribution in [2.45, 2.75) is 0 Å². The fourth-order valence-electron chi connectivity index (χ4n) is 3.87. The van der Waals surface area contributed by atoms with Gasteiger partial charge < -0.3 is 15.4 Å². The molecule has 4 aromatic carbocycles. The number of hydrazone groups is 1. The maximum Gasteiger partial charge on any atom is 0.355 e. The van der Waals surface area contributed by atoms with Crippen LogP contribution in [0.15, 0.2) is 102 Å². The van der Waals surface area contributed by atoms with Gasteiger partial charge in [0.05, 0.1) is 22.5 Å². The maximum absolute atomic E-state index is 12.8. The topological polar surface area (TPSA) is 126 Å². The van der Waals surface area contributed by atoms with Gasteiger partial charge in [0, 0.05) is 20.8 Å². The zero-order chi connectivity index (χ0) is 30.3. The number of carbonyl (C=O) groups excluding carboxylic acids is 4. The lowest BCUT2D eigenvalue weighted by Gasteiger charge is -2.11. The van der Waals surface area contributed by atoms with E-state index in [0.717, 1.165) is 10.1 Å². The molecule has 0 bridgehead atoms. The van der Waals surface area contributed by atoms with Gasteiger partial charge in [0.15, 0.2) is 0 Å². The molecule has 5 aromatic rings. The van der Waals surface area contributed by atoms with Gasteiger partial charge in [-0.2, -0.15) is 5.10 Å². The highest BCUT2D eigenvalue weighted by atomic mass is 35.5. The van der Waals surface area contributed by atoms with Crippen molar-refractivity contribution in [3.63, 3.8) is 0 Å². The first-order valence-corrected chi connectivity index (χ1v) is 14.2. The second kappa shape index (κ2) is 13.3. The maximum atomic E-state index is 12.8. The molecular weight excluding hydrogens is 611 g/mol. The van der Waals surface area contributed by atoms with Crippen LogP contribution in [-0.2, 0) is 9.59 Å². The zero-order valence-electron chi connectivity index (χ0n) is 22.0. The van der Waals surface area contributed by atoms with Gasteiger partial charge in [-0.25, -0.2) is 10.2 Å². The van der Waals surface area contributed by atoms with E-state index in [-0.39, 0.29) is 21.9 Å². The lowest BCUT2D eigenvalue weighted by molar-refractivity contribution is -0.136. The Balaban J connectivity index is 1.18. The van der Waals surface area contributed by atoms with Gasteiger partial charge in [0.1, 0.15) is 10.6 Å². The fourth-order valence-corrected chi connectivity index (χ4v) is 5.38. The molecule has 0 radical (unpaired) electrons. The molecule has 0 aliphatic rings. The molecule has 12 heteroatoms. The number of hydrogen-bond acceptors (Lipinski definition) is 7. The fraction of sp³-hybridized carbons (Fsp3) is 0. The molecule has 9 nitrogen and oxygen atoms in total. The minimum atomic E-state index is -1.06. The number of nitrogens with one attached hydrogen (secondary N) is 3. The third kappa shape index (κ3) is 7.25. The van der Waals surface area contributed by atoms with E-state index in [9.17, 15) is 19.2 Å². The first-order valence-electron chi connectivity index (χ1n) is 12.6. The number of carbonyl (C=O) groups is 4. The van der Waals surface area contributed by atoms with Gasteiger partial charge in [-0.05, 0) is 60.2 Å². The Labute approximate surface area is 259 Å². The Morgan fingerprint density at radius 3 is 2.33 bits per heavy atom. The molecule has 0 atom stereocenters. The predicted molar refractivity (Wildman–Crippen MR) is 168 cm³/mol. The lowest BCUT2D eigenvalue weighted by atomic mass is 10.1. The summed E-state index contributed by atoms with van der Waals surface area (Å²) in [4.78, 5) is 50.7. The number of hydrogen-bond donors (Lipinski definition) is 3. The number of para-hydroxylation sites is 1. The van der Waals surface area contributed by atoms with Crippen LogP contribution in [0.1, 0.15) is 25.6 Å². The number of rotatable bonds is 7. The molecule has 1 aromatic heterocycles. The number of amides is 3. The summed E-state index contributed by atoms with van der Waals surface area (Å²) < 4.78 is 6.36. The molecule has 43 heavy (non-hydrogen) atoms. The molecule has 0 aliphatic carbocycles. The van der Waals surface area contributed by atoms with E-state index < -0.39 is 23.7 Å². The van der Waals surface area contributed by atoms with E-state index in [1.165, 1.54) is 35.8 Å². The molecule has 3 N–H and O–H groups in total. The Morgan fingerprint density at radius 2 is 1.53 bits per heavy atom. The summed E-state index contributed by atoms with van der Waals surface area (Å²) in [7, 11) is 0. The molecule has 1 heterocycles. The largest absolute Gasteiger partial charge is 0.422 e. The van der Waals surface area contributed by atoms with Gasteiger partial charge in [-0.1, -0.05) is 65.7 Å². The number of halogens is 2. The van der Waals surface area contributed by atoms with Crippen molar-refractivity contribution in [1.82, 2.24) is 5.43 Å². The normalized spacial score (nSPS) is 10.8. The van der Waals surface area contributed by atoms with E-state index in [1.807, 2.05) is 24.3 Å². The highest BCUT2D eigenvalue weighted by Gasteiger charge is 2.20. The van der Waals surface area contributed by atoms with E-state index in [1.54, 1.807) is 54.6 Å². The smallest absolute Gasteiger partial charge is 0.355 e. The van der Waals surface area contributed by atoms with E-state index in [0.29, 0.717) is 21.3 Å². The van der Waals surface area contributed by atoms with Crippen LogP contribution >= 0.6 is 34.5 Å². The highest BCUT2D eigenvalue weighted by molar-refractivity contribution is 7.21. The van der Waals surface area contributed by atoms with Crippen molar-refractivity contribution in [2.75, 3.05) is 10.6 Å². The van der Waals surface area contributed by atoms with E-state index >= 15 is 0 Å². The molecule has 5 rings (SSSR count). The second-order valence-corrected chi connectivity index (χ2v) is 10.7. The van der Waals surface area contributed by atoms with Crippen molar-refractivity contribution in [3.8, 4) is 5.75 Å². The molecule has 0 spiro atoms. The molecule has 0 fully saturated rings. The Hall–Kier alpha value is -5.03. The van der Waals surface area contributed by atoms with Crippen LogP contribution in [0, 0.1) is 0 Å². The molecular formula is C31H20Cl2N4O5S. The summed E-state index contributed by atoms with van der Waals surface area (Å²) in [5.41, 5.74) is 3.40. The van der Waals surface area contributed by atoms with Crippen LogP contribution < -0.4 is 20.8 Å². The zero-order valence-corrected chi connectivity index (χ0v) is 24.3. The Bertz CT molecular complexity index is 1890. The summed E-state index contributed by atoms with van der Waals surface area (Å²) in [6.07, 6.45) is 1.28. The van der Waals surface area contributed by atoms with E-state index in [4.69, 9.17) is 27.9 Å². The van der Waals surface area contributed by atoms with Crippen LogP contribution in [0.4, 0.5) is 11.4 Å². The van der Waals surface area contributed by atoms with Crippen LogP contribution in [-0.4, -0.2) is 29.9 Å². The minimum absolute atomic E-state index is 0.131. The van der Waals surface area contributed by atoms with Crippen molar-refractivity contribution < 1.29 is 23.9 Å². The Morgan fingerprint density at radius 1 is 0.791 bits per heavy atom. The predicted octanol–water partition coefficient (Wildman–Crippen LogP) is 6.77. The van der Waals surface area contributed by atoms with Crippen molar-refractivity contribution in [2.24, 2.45) is 5.10 Å². The quantitative estimate of drug-likeness (QED) is 0.0601. The molecule has 214 valence electrons. The number of ether oxygens (including phenoxy) is 1. The van der Waals surface area contributed by atoms with Gasteiger partial charge in [-0.15, -0.1) is 11.3 Å². The van der Waals surface area contributed by atoms with Crippen molar-refractivity contribution in [1.29, 1.82) is 0 Å². The number of anilines is 2. The number of nitrogens with zero attached hydrogens (tertiary/aromatic N) is 1. The molecule has 0 saturated carbocycles. The lowest BCUT2D eigenvalue weighted by Crippen LogP contribution is -2.33. The van der Waals surface area contributed by atoms with Gasteiger partial charge in [0.25, 0.3) is 5.91 Å². The number of fused-ring (bicyclic) bond motifs is 1. The van der Waals surface area contributed by atoms with Gasteiger partial charge in [0.2, 0.25) is 0 Å². The SMILES string of the molecule is O=C(N/N=C/c1cccc(OC(=O)c2sc3ccccc3c2Cl)c1)C(=O)Nc1ccccc1C(=O)Nc1ccc(Cl)cc1. The highest BCUT2D eigenvalue weighted by Crippen LogP contribution is 2.35. The monoisotopic (exact) mass is 630 g/mol. The van der Waals surface area contributed by atoms with Gasteiger partial charge >= 0.3 is 17.8 Å². The van der Waals surface area contributed by atoms with E-state index in [2.05, 4.69) is 21.2 Å². The van der Waals surface area contributed by atoms with Crippen LogP contribution in [0.2, 0.25) is 10.0 Å². The second-order valence-electron chi connectivity index (χ2n) is 8.86. The summed E-state index contributed by atoms with van der Waals surface area (Å²) in [5.74, 6) is -2.96. The minimum Gasteiger partial charge on any atom is -0.422 e. The summed E-state index contributed by atoms with van der Waals surface area (Å²) in [6, 6.07) is 26.6.